The second kappa shape index (κ2) is 6.80. The van der Waals surface area contributed by atoms with Crippen LogP contribution in [0.1, 0.15) is 17.2 Å². The standard InChI is InChI=1S/C18H16BrN5O2/c1-25-13-6-7-17(26-2)14(9-13)16-10-15(11-4-3-5-12(19)8-11)20-18-21-22-23-24(16)18/h3-10,16H,1-2H3,(H,20,21,23)/t16-/m1/s1. The number of methoxy groups -OCH3 is 2. The van der Waals surface area contributed by atoms with Crippen LogP contribution in [0.4, 0.5) is 5.95 Å². The van der Waals surface area contributed by atoms with E-state index in [9.17, 15) is 0 Å². The molecular formula is C18H16BrN5O2. The lowest BCUT2D eigenvalue weighted by Crippen LogP contribution is -2.20. The largest absolute Gasteiger partial charge is 0.497 e. The topological polar surface area (TPSA) is 74.1 Å². The van der Waals surface area contributed by atoms with E-state index in [1.807, 2.05) is 42.5 Å². The van der Waals surface area contributed by atoms with Crippen LogP contribution in [-0.4, -0.2) is 34.4 Å². The van der Waals surface area contributed by atoms with Crippen molar-refractivity contribution in [1.29, 1.82) is 0 Å². The molecule has 0 aliphatic carbocycles. The Morgan fingerprint density at radius 1 is 1.12 bits per heavy atom. The van der Waals surface area contributed by atoms with Crippen LogP contribution in [0.3, 0.4) is 0 Å². The molecule has 1 N–H and O–H groups in total. The maximum Gasteiger partial charge on any atom is 0.248 e. The number of halogens is 1. The van der Waals surface area contributed by atoms with E-state index in [0.29, 0.717) is 5.95 Å². The summed E-state index contributed by atoms with van der Waals surface area (Å²) in [5, 5.41) is 15.3. The second-order valence-electron chi connectivity index (χ2n) is 5.72. The zero-order valence-corrected chi connectivity index (χ0v) is 15.8. The van der Waals surface area contributed by atoms with Crippen LogP contribution in [0.5, 0.6) is 11.5 Å². The molecule has 0 amide bonds. The number of nitrogens with one attached hydrogen (secondary N) is 1. The number of allylic oxidation sites excluding steroid dienone is 1. The Kier molecular flexibility index (Phi) is 4.34. The molecule has 4 rings (SSSR count). The highest BCUT2D eigenvalue weighted by atomic mass is 79.9. The number of aromatic nitrogens is 4. The van der Waals surface area contributed by atoms with Crippen molar-refractivity contribution < 1.29 is 9.47 Å². The van der Waals surface area contributed by atoms with Gasteiger partial charge in [0.2, 0.25) is 5.95 Å². The average molecular weight is 414 g/mol. The first-order valence-electron chi connectivity index (χ1n) is 7.94. The summed E-state index contributed by atoms with van der Waals surface area (Å²) in [5.74, 6) is 2.05. The molecule has 1 aliphatic heterocycles. The molecule has 26 heavy (non-hydrogen) atoms. The van der Waals surface area contributed by atoms with Gasteiger partial charge in [0.25, 0.3) is 0 Å². The van der Waals surface area contributed by atoms with E-state index >= 15 is 0 Å². The second-order valence-corrected chi connectivity index (χ2v) is 6.63. The first kappa shape index (κ1) is 16.6. The molecule has 2 heterocycles. The molecule has 1 aliphatic rings. The summed E-state index contributed by atoms with van der Waals surface area (Å²) in [4.78, 5) is 0. The van der Waals surface area contributed by atoms with Gasteiger partial charge in [0.1, 0.15) is 17.5 Å². The first-order chi connectivity index (χ1) is 12.7. The van der Waals surface area contributed by atoms with Gasteiger partial charge in [-0.3, -0.25) is 0 Å². The van der Waals surface area contributed by atoms with Gasteiger partial charge >= 0.3 is 0 Å². The Labute approximate surface area is 158 Å². The van der Waals surface area contributed by atoms with E-state index in [4.69, 9.17) is 9.47 Å². The van der Waals surface area contributed by atoms with Crippen molar-refractivity contribution in [3.63, 3.8) is 0 Å². The Morgan fingerprint density at radius 2 is 2.00 bits per heavy atom. The number of rotatable bonds is 4. The van der Waals surface area contributed by atoms with Gasteiger partial charge in [0, 0.05) is 15.7 Å². The van der Waals surface area contributed by atoms with Crippen molar-refractivity contribution in [2.45, 2.75) is 6.04 Å². The highest BCUT2D eigenvalue weighted by Crippen LogP contribution is 2.37. The normalized spacial score (nSPS) is 15.7. The fourth-order valence-electron chi connectivity index (χ4n) is 2.97. The van der Waals surface area contributed by atoms with E-state index in [1.165, 1.54) is 0 Å². The summed E-state index contributed by atoms with van der Waals surface area (Å²) in [7, 11) is 3.28. The Morgan fingerprint density at radius 3 is 2.77 bits per heavy atom. The molecule has 0 unspecified atom stereocenters. The molecule has 0 saturated heterocycles. The molecule has 2 aromatic carbocycles. The predicted octanol–water partition coefficient (Wildman–Crippen LogP) is 3.51. The van der Waals surface area contributed by atoms with Gasteiger partial charge in [0.15, 0.2) is 0 Å². The minimum absolute atomic E-state index is 0.236. The lowest BCUT2D eigenvalue weighted by atomic mass is 10.0. The average Bonchev–Trinajstić information content (AvgIpc) is 3.15. The molecule has 7 nitrogen and oxygen atoms in total. The number of hydrogen-bond donors (Lipinski definition) is 1. The van der Waals surface area contributed by atoms with Gasteiger partial charge in [0.05, 0.1) is 14.2 Å². The summed E-state index contributed by atoms with van der Waals surface area (Å²) in [6.45, 7) is 0. The van der Waals surface area contributed by atoms with E-state index in [-0.39, 0.29) is 6.04 Å². The third kappa shape index (κ3) is 2.92. The fraction of sp³-hybridized carbons (Fsp3) is 0.167. The lowest BCUT2D eigenvalue weighted by molar-refractivity contribution is 0.393. The maximum absolute atomic E-state index is 5.56. The first-order valence-corrected chi connectivity index (χ1v) is 8.73. The molecule has 0 fully saturated rings. The van der Waals surface area contributed by atoms with Gasteiger partial charge in [-0.25, -0.2) is 0 Å². The van der Waals surface area contributed by atoms with Crippen molar-refractivity contribution in [3.8, 4) is 11.5 Å². The molecule has 0 spiro atoms. The maximum atomic E-state index is 5.56. The van der Waals surface area contributed by atoms with Crippen LogP contribution >= 0.6 is 15.9 Å². The van der Waals surface area contributed by atoms with E-state index in [1.54, 1.807) is 18.9 Å². The summed E-state index contributed by atoms with van der Waals surface area (Å²) >= 11 is 3.52. The Hall–Kier alpha value is -2.87. The SMILES string of the molecule is COc1ccc(OC)c([C@H]2C=C(c3cccc(Br)c3)Nc3nnnn32)c1. The van der Waals surface area contributed by atoms with Gasteiger partial charge in [-0.2, -0.15) is 4.68 Å². The molecule has 132 valence electrons. The quantitative estimate of drug-likeness (QED) is 0.705. The zero-order chi connectivity index (χ0) is 18.1. The monoisotopic (exact) mass is 413 g/mol. The van der Waals surface area contributed by atoms with Crippen LogP contribution < -0.4 is 14.8 Å². The molecular weight excluding hydrogens is 398 g/mol. The van der Waals surface area contributed by atoms with Gasteiger partial charge in [-0.1, -0.05) is 33.2 Å². The molecule has 0 saturated carbocycles. The Bertz CT molecular complexity index is 985. The number of benzene rings is 2. The van der Waals surface area contributed by atoms with Crippen molar-refractivity contribution in [3.05, 3.63) is 64.1 Å². The van der Waals surface area contributed by atoms with E-state index in [0.717, 1.165) is 32.8 Å². The summed E-state index contributed by atoms with van der Waals surface area (Å²) in [5.41, 5.74) is 2.86. The van der Waals surface area contributed by atoms with Crippen LogP contribution in [-0.2, 0) is 0 Å². The highest BCUT2D eigenvalue weighted by Gasteiger charge is 2.27. The van der Waals surface area contributed by atoms with E-state index in [2.05, 4.69) is 42.8 Å². The fourth-order valence-corrected chi connectivity index (χ4v) is 3.37. The van der Waals surface area contributed by atoms with Crippen molar-refractivity contribution in [2.24, 2.45) is 0 Å². The van der Waals surface area contributed by atoms with Crippen molar-refractivity contribution >= 4 is 27.6 Å². The third-order valence-corrected chi connectivity index (χ3v) is 4.71. The third-order valence-electron chi connectivity index (χ3n) is 4.22. The number of anilines is 1. The summed E-state index contributed by atoms with van der Waals surface area (Å²) < 4.78 is 13.7. The highest BCUT2D eigenvalue weighted by molar-refractivity contribution is 9.10. The van der Waals surface area contributed by atoms with E-state index < -0.39 is 0 Å². The van der Waals surface area contributed by atoms with Crippen LogP contribution in [0.25, 0.3) is 5.70 Å². The lowest BCUT2D eigenvalue weighted by Gasteiger charge is -2.25. The van der Waals surface area contributed by atoms with Crippen LogP contribution in [0, 0.1) is 0 Å². The minimum atomic E-state index is -0.236. The molecule has 1 atom stereocenters. The molecule has 0 radical (unpaired) electrons. The van der Waals surface area contributed by atoms with Crippen LogP contribution in [0.15, 0.2) is 53.0 Å². The van der Waals surface area contributed by atoms with Crippen molar-refractivity contribution in [2.75, 3.05) is 19.5 Å². The van der Waals surface area contributed by atoms with Gasteiger partial charge < -0.3 is 14.8 Å². The van der Waals surface area contributed by atoms with Crippen LogP contribution in [0.2, 0.25) is 0 Å². The molecule has 3 aromatic rings. The summed E-state index contributed by atoms with van der Waals surface area (Å²) in [6, 6.07) is 13.5. The molecule has 8 heteroatoms. The predicted molar refractivity (Wildman–Crippen MR) is 101 cm³/mol. The molecule has 0 bridgehead atoms. The summed E-state index contributed by atoms with van der Waals surface area (Å²) in [6.07, 6.45) is 2.07. The number of tetrazole rings is 1. The number of ether oxygens (including phenoxy) is 2. The van der Waals surface area contributed by atoms with Crippen molar-refractivity contribution in [1.82, 2.24) is 20.2 Å². The zero-order valence-electron chi connectivity index (χ0n) is 14.2. The Balaban J connectivity index is 1.87. The smallest absolute Gasteiger partial charge is 0.248 e. The number of hydrogen-bond acceptors (Lipinski definition) is 6. The van der Waals surface area contributed by atoms with Gasteiger partial charge in [-0.15, -0.1) is 0 Å². The molecule has 1 aromatic heterocycles. The number of nitrogens with zero attached hydrogens (tertiary/aromatic N) is 4. The minimum Gasteiger partial charge on any atom is -0.497 e. The number of fused-ring (bicyclic) bond motifs is 1. The van der Waals surface area contributed by atoms with Gasteiger partial charge in [-0.05, 0) is 52.4 Å².